The number of nitrogens with one attached hydrogen (secondary N) is 1. The van der Waals surface area contributed by atoms with Crippen molar-refractivity contribution < 1.29 is 9.50 Å². The molecular formula is C14H16FNOS. The highest BCUT2D eigenvalue weighted by molar-refractivity contribution is 7.10. The molecule has 1 unspecified atom stereocenters. The van der Waals surface area contributed by atoms with Crippen LogP contribution >= 0.6 is 11.3 Å². The van der Waals surface area contributed by atoms with Crippen LogP contribution in [0.15, 0.2) is 41.8 Å². The Morgan fingerprint density at radius 2 is 2.00 bits per heavy atom. The topological polar surface area (TPSA) is 32.3 Å². The van der Waals surface area contributed by atoms with E-state index in [9.17, 15) is 9.50 Å². The summed E-state index contributed by atoms with van der Waals surface area (Å²) in [6.45, 7) is 2.51. The summed E-state index contributed by atoms with van der Waals surface area (Å²) in [5, 5.41) is 15.3. The van der Waals surface area contributed by atoms with Crippen LogP contribution in [0.25, 0.3) is 0 Å². The molecule has 0 aliphatic carbocycles. The van der Waals surface area contributed by atoms with Gasteiger partial charge in [-0.1, -0.05) is 18.2 Å². The standard InChI is InChI=1S/C14H16FNOS/c1-10(14-3-2-8-18-14)16-9-13(17)11-4-6-12(15)7-5-11/h2-8,10,13,16-17H,9H2,1H3/t10-,13?/m0/s1. The Kier molecular flexibility index (Phi) is 4.47. The van der Waals surface area contributed by atoms with Crippen molar-refractivity contribution in [2.45, 2.75) is 19.1 Å². The predicted octanol–water partition coefficient (Wildman–Crippen LogP) is 3.27. The van der Waals surface area contributed by atoms with Gasteiger partial charge in [0.2, 0.25) is 0 Å². The molecule has 1 heterocycles. The maximum atomic E-state index is 12.8. The maximum absolute atomic E-state index is 12.8. The number of hydrogen-bond donors (Lipinski definition) is 2. The predicted molar refractivity (Wildman–Crippen MR) is 72.1 cm³/mol. The summed E-state index contributed by atoms with van der Waals surface area (Å²) in [7, 11) is 0. The van der Waals surface area contributed by atoms with Gasteiger partial charge in [-0.3, -0.25) is 0 Å². The molecule has 2 nitrogen and oxygen atoms in total. The van der Waals surface area contributed by atoms with E-state index in [-0.39, 0.29) is 11.9 Å². The van der Waals surface area contributed by atoms with Crippen LogP contribution in [0.3, 0.4) is 0 Å². The van der Waals surface area contributed by atoms with Gasteiger partial charge in [0.05, 0.1) is 6.10 Å². The lowest BCUT2D eigenvalue weighted by atomic mass is 10.1. The molecule has 2 aromatic rings. The third-order valence-corrected chi connectivity index (χ3v) is 3.90. The molecule has 96 valence electrons. The third-order valence-electron chi connectivity index (χ3n) is 2.84. The lowest BCUT2D eigenvalue weighted by molar-refractivity contribution is 0.171. The van der Waals surface area contributed by atoms with Crippen molar-refractivity contribution in [2.75, 3.05) is 6.54 Å². The Hall–Kier alpha value is -1.23. The maximum Gasteiger partial charge on any atom is 0.123 e. The van der Waals surface area contributed by atoms with E-state index in [4.69, 9.17) is 0 Å². The van der Waals surface area contributed by atoms with Crippen LogP contribution in [-0.4, -0.2) is 11.7 Å². The lowest BCUT2D eigenvalue weighted by Gasteiger charge is -2.16. The monoisotopic (exact) mass is 265 g/mol. The minimum atomic E-state index is -0.618. The van der Waals surface area contributed by atoms with Gasteiger partial charge in [0, 0.05) is 17.5 Å². The number of thiophene rings is 1. The summed E-state index contributed by atoms with van der Waals surface area (Å²) in [6.07, 6.45) is -0.618. The fraction of sp³-hybridized carbons (Fsp3) is 0.286. The minimum Gasteiger partial charge on any atom is -0.387 e. The van der Waals surface area contributed by atoms with Crippen molar-refractivity contribution >= 4 is 11.3 Å². The fourth-order valence-corrected chi connectivity index (χ4v) is 2.49. The van der Waals surface area contributed by atoms with Crippen molar-refractivity contribution in [1.29, 1.82) is 0 Å². The van der Waals surface area contributed by atoms with Crippen LogP contribution < -0.4 is 5.32 Å². The van der Waals surface area contributed by atoms with E-state index >= 15 is 0 Å². The molecule has 0 aliphatic heterocycles. The van der Waals surface area contributed by atoms with Crippen molar-refractivity contribution in [2.24, 2.45) is 0 Å². The van der Waals surface area contributed by atoms with Crippen molar-refractivity contribution in [3.05, 3.63) is 58.0 Å². The van der Waals surface area contributed by atoms with Gasteiger partial charge >= 0.3 is 0 Å². The highest BCUT2D eigenvalue weighted by Gasteiger charge is 2.11. The first kappa shape index (κ1) is 13.2. The Bertz CT molecular complexity index is 469. The molecule has 0 radical (unpaired) electrons. The van der Waals surface area contributed by atoms with Crippen molar-refractivity contribution in [3.8, 4) is 0 Å². The second kappa shape index (κ2) is 6.09. The number of aliphatic hydroxyl groups excluding tert-OH is 1. The number of halogens is 1. The Balaban J connectivity index is 1.88. The van der Waals surface area contributed by atoms with E-state index in [1.807, 2.05) is 11.4 Å². The summed E-state index contributed by atoms with van der Waals surface area (Å²) < 4.78 is 12.8. The first-order valence-corrected chi connectivity index (χ1v) is 6.75. The smallest absolute Gasteiger partial charge is 0.123 e. The minimum absolute atomic E-state index is 0.208. The van der Waals surface area contributed by atoms with Gasteiger partial charge in [0.25, 0.3) is 0 Å². The van der Waals surface area contributed by atoms with E-state index < -0.39 is 6.10 Å². The van der Waals surface area contributed by atoms with E-state index in [2.05, 4.69) is 18.3 Å². The molecule has 0 saturated heterocycles. The molecule has 0 spiro atoms. The van der Waals surface area contributed by atoms with Crippen LogP contribution in [-0.2, 0) is 0 Å². The second-order valence-electron chi connectivity index (χ2n) is 4.21. The summed E-state index contributed by atoms with van der Waals surface area (Å²) >= 11 is 1.69. The van der Waals surface area contributed by atoms with Gasteiger partial charge in [-0.2, -0.15) is 0 Å². The van der Waals surface area contributed by atoms with Gasteiger partial charge in [-0.05, 0) is 36.1 Å². The molecule has 0 aliphatic rings. The average Bonchev–Trinajstić information content (AvgIpc) is 2.90. The molecule has 0 saturated carbocycles. The van der Waals surface area contributed by atoms with Gasteiger partial charge < -0.3 is 10.4 Å². The molecule has 2 N–H and O–H groups in total. The van der Waals surface area contributed by atoms with Gasteiger partial charge in [0.1, 0.15) is 5.82 Å². The van der Waals surface area contributed by atoms with E-state index in [1.165, 1.54) is 17.0 Å². The van der Waals surface area contributed by atoms with E-state index in [0.29, 0.717) is 6.54 Å². The number of rotatable bonds is 5. The Morgan fingerprint density at radius 3 is 2.61 bits per heavy atom. The fourth-order valence-electron chi connectivity index (χ4n) is 1.73. The number of hydrogen-bond acceptors (Lipinski definition) is 3. The quantitative estimate of drug-likeness (QED) is 0.869. The first-order chi connectivity index (χ1) is 8.66. The molecular weight excluding hydrogens is 249 g/mol. The molecule has 0 bridgehead atoms. The van der Waals surface area contributed by atoms with Crippen molar-refractivity contribution in [1.82, 2.24) is 5.32 Å². The van der Waals surface area contributed by atoms with Crippen molar-refractivity contribution in [3.63, 3.8) is 0 Å². The van der Waals surface area contributed by atoms with Crippen LogP contribution in [0.2, 0.25) is 0 Å². The number of aliphatic hydroxyl groups is 1. The van der Waals surface area contributed by atoms with Gasteiger partial charge in [-0.25, -0.2) is 4.39 Å². The molecule has 2 atom stereocenters. The zero-order valence-corrected chi connectivity index (χ0v) is 11.0. The molecule has 4 heteroatoms. The van der Waals surface area contributed by atoms with Crippen LogP contribution in [0.1, 0.15) is 29.5 Å². The zero-order valence-electron chi connectivity index (χ0n) is 10.1. The molecule has 1 aromatic heterocycles. The van der Waals surface area contributed by atoms with Gasteiger partial charge in [-0.15, -0.1) is 11.3 Å². The third kappa shape index (κ3) is 3.38. The summed E-state index contributed by atoms with van der Waals surface area (Å²) in [5.41, 5.74) is 0.724. The SMILES string of the molecule is C[C@H](NCC(O)c1ccc(F)cc1)c1cccs1. The lowest BCUT2D eigenvalue weighted by Crippen LogP contribution is -2.24. The van der Waals surface area contributed by atoms with Crippen LogP contribution in [0.5, 0.6) is 0 Å². The number of benzene rings is 1. The Labute approximate surface area is 110 Å². The van der Waals surface area contributed by atoms with E-state index in [1.54, 1.807) is 23.5 Å². The van der Waals surface area contributed by atoms with Crippen LogP contribution in [0, 0.1) is 5.82 Å². The Morgan fingerprint density at radius 1 is 1.28 bits per heavy atom. The molecule has 1 aromatic carbocycles. The average molecular weight is 265 g/mol. The zero-order chi connectivity index (χ0) is 13.0. The molecule has 0 fully saturated rings. The highest BCUT2D eigenvalue weighted by Crippen LogP contribution is 2.19. The highest BCUT2D eigenvalue weighted by atomic mass is 32.1. The van der Waals surface area contributed by atoms with Crippen LogP contribution in [0.4, 0.5) is 4.39 Å². The summed E-state index contributed by atoms with van der Waals surface area (Å²) in [5.74, 6) is -0.286. The van der Waals surface area contributed by atoms with Gasteiger partial charge in [0.15, 0.2) is 0 Å². The second-order valence-corrected chi connectivity index (χ2v) is 5.19. The summed E-state index contributed by atoms with van der Waals surface area (Å²) in [4.78, 5) is 1.24. The van der Waals surface area contributed by atoms with E-state index in [0.717, 1.165) is 5.56 Å². The largest absolute Gasteiger partial charge is 0.387 e. The normalized spacial score (nSPS) is 14.4. The molecule has 18 heavy (non-hydrogen) atoms. The summed E-state index contributed by atoms with van der Waals surface area (Å²) in [6, 6.07) is 10.2. The molecule has 0 amide bonds. The molecule has 2 rings (SSSR count). The first-order valence-electron chi connectivity index (χ1n) is 5.87.